The van der Waals surface area contributed by atoms with Gasteiger partial charge in [-0.1, -0.05) is 13.3 Å². The van der Waals surface area contributed by atoms with E-state index >= 15 is 0 Å². The maximum absolute atomic E-state index is 5.04. The normalized spacial score (nSPS) is 10.0. The summed E-state index contributed by atoms with van der Waals surface area (Å²) in [5.74, 6) is 0.437. The maximum Gasteiger partial charge on any atom is 0.147 e. The number of rotatable bonds is 6. The van der Waals surface area contributed by atoms with Crippen molar-refractivity contribution < 1.29 is 9.47 Å². The van der Waals surface area contributed by atoms with Gasteiger partial charge in [-0.3, -0.25) is 0 Å². The van der Waals surface area contributed by atoms with Crippen LogP contribution in [0.1, 0.15) is 19.8 Å². The van der Waals surface area contributed by atoms with Crippen molar-refractivity contribution in [2.75, 3.05) is 19.3 Å². The van der Waals surface area contributed by atoms with Crippen molar-refractivity contribution in [2.24, 2.45) is 0 Å². The van der Waals surface area contributed by atoms with Gasteiger partial charge in [-0.2, -0.15) is 12.6 Å². The standard InChI is InChI=1S/C6H14O2S/c1-2-3-4-7-5-8-6-9/h9H,2-6H2,1H3. The Morgan fingerprint density at radius 3 is 2.67 bits per heavy atom. The van der Waals surface area contributed by atoms with E-state index in [-0.39, 0.29) is 0 Å². The molecule has 2 nitrogen and oxygen atoms in total. The largest absolute Gasteiger partial charge is 0.355 e. The van der Waals surface area contributed by atoms with Crippen molar-refractivity contribution in [3.05, 3.63) is 0 Å². The van der Waals surface area contributed by atoms with Gasteiger partial charge in [0.1, 0.15) is 6.79 Å². The SMILES string of the molecule is CCCCOCOCS. The predicted octanol–water partition coefficient (Wildman–Crippen LogP) is 1.66. The first kappa shape index (κ1) is 9.27. The fourth-order valence-corrected chi connectivity index (χ4v) is 0.476. The summed E-state index contributed by atoms with van der Waals surface area (Å²) in [6.45, 7) is 3.30. The third kappa shape index (κ3) is 8.27. The average molecular weight is 150 g/mol. The zero-order valence-corrected chi connectivity index (χ0v) is 6.69. The molecule has 0 fully saturated rings. The Bertz CT molecular complexity index is 44.3. The smallest absolute Gasteiger partial charge is 0.147 e. The molecule has 0 amide bonds. The van der Waals surface area contributed by atoms with Crippen LogP contribution >= 0.6 is 12.6 Å². The van der Waals surface area contributed by atoms with Crippen LogP contribution in [0, 0.1) is 0 Å². The number of hydrogen-bond donors (Lipinski definition) is 1. The summed E-state index contributed by atoms with van der Waals surface area (Å²) in [4.78, 5) is 0. The van der Waals surface area contributed by atoms with Gasteiger partial charge in [0.05, 0.1) is 5.94 Å². The summed E-state index contributed by atoms with van der Waals surface area (Å²) in [6, 6.07) is 0. The zero-order valence-electron chi connectivity index (χ0n) is 5.80. The number of thiol groups is 1. The number of ether oxygens (including phenoxy) is 2. The van der Waals surface area contributed by atoms with Gasteiger partial charge in [-0.15, -0.1) is 0 Å². The van der Waals surface area contributed by atoms with Gasteiger partial charge in [-0.25, -0.2) is 0 Å². The van der Waals surface area contributed by atoms with Crippen molar-refractivity contribution >= 4 is 12.6 Å². The molecule has 0 spiro atoms. The van der Waals surface area contributed by atoms with Crippen LogP contribution in [0.2, 0.25) is 0 Å². The highest BCUT2D eigenvalue weighted by molar-refractivity contribution is 7.80. The third-order valence-electron chi connectivity index (χ3n) is 0.900. The zero-order chi connectivity index (χ0) is 6.95. The summed E-state index contributed by atoms with van der Waals surface area (Å²) in [5.41, 5.74) is 0. The first-order valence-electron chi connectivity index (χ1n) is 3.18. The van der Waals surface area contributed by atoms with E-state index in [1.807, 2.05) is 0 Å². The van der Waals surface area contributed by atoms with E-state index in [2.05, 4.69) is 19.6 Å². The van der Waals surface area contributed by atoms with Gasteiger partial charge in [0.25, 0.3) is 0 Å². The van der Waals surface area contributed by atoms with Gasteiger partial charge < -0.3 is 9.47 Å². The quantitative estimate of drug-likeness (QED) is 0.353. The van der Waals surface area contributed by atoms with Crippen molar-refractivity contribution in [2.45, 2.75) is 19.8 Å². The molecule has 3 heteroatoms. The van der Waals surface area contributed by atoms with E-state index in [9.17, 15) is 0 Å². The topological polar surface area (TPSA) is 18.5 Å². The molecule has 0 aromatic carbocycles. The molecule has 0 saturated carbocycles. The molecule has 9 heavy (non-hydrogen) atoms. The molecule has 0 aliphatic heterocycles. The second-order valence-electron chi connectivity index (χ2n) is 1.71. The Morgan fingerprint density at radius 1 is 1.33 bits per heavy atom. The highest BCUT2D eigenvalue weighted by atomic mass is 32.1. The molecule has 0 unspecified atom stereocenters. The number of unbranched alkanes of at least 4 members (excludes halogenated alkanes) is 1. The summed E-state index contributed by atoms with van der Waals surface area (Å²) in [6.07, 6.45) is 2.27. The first-order chi connectivity index (χ1) is 4.41. The molecule has 0 aromatic rings. The molecule has 0 aliphatic rings. The van der Waals surface area contributed by atoms with E-state index in [1.54, 1.807) is 0 Å². The van der Waals surface area contributed by atoms with Crippen molar-refractivity contribution in [1.82, 2.24) is 0 Å². The second kappa shape index (κ2) is 8.27. The molecule has 56 valence electrons. The van der Waals surface area contributed by atoms with E-state index in [0.717, 1.165) is 13.0 Å². The van der Waals surface area contributed by atoms with Crippen LogP contribution in [0.3, 0.4) is 0 Å². The van der Waals surface area contributed by atoms with Crippen LogP contribution in [0.15, 0.2) is 0 Å². The van der Waals surface area contributed by atoms with Crippen LogP contribution in [0.4, 0.5) is 0 Å². The van der Waals surface area contributed by atoms with Gasteiger partial charge >= 0.3 is 0 Å². The Morgan fingerprint density at radius 2 is 2.11 bits per heavy atom. The minimum Gasteiger partial charge on any atom is -0.355 e. The molecule has 0 atom stereocenters. The van der Waals surface area contributed by atoms with Crippen LogP contribution in [0.5, 0.6) is 0 Å². The van der Waals surface area contributed by atoms with Crippen LogP contribution in [0.25, 0.3) is 0 Å². The third-order valence-corrected chi connectivity index (χ3v) is 1.08. The second-order valence-corrected chi connectivity index (χ2v) is 1.97. The molecule has 0 radical (unpaired) electrons. The number of hydrogen-bond acceptors (Lipinski definition) is 3. The molecule has 0 N–H and O–H groups in total. The minimum absolute atomic E-state index is 0.378. The van der Waals surface area contributed by atoms with Gasteiger partial charge in [0.2, 0.25) is 0 Å². The maximum atomic E-state index is 5.04. The lowest BCUT2D eigenvalue weighted by Crippen LogP contribution is -1.99. The summed E-state index contributed by atoms with van der Waals surface area (Å²) in [5, 5.41) is 0. The van der Waals surface area contributed by atoms with E-state index < -0.39 is 0 Å². The lowest BCUT2D eigenvalue weighted by Gasteiger charge is -2.00. The highest BCUT2D eigenvalue weighted by Crippen LogP contribution is 1.88. The van der Waals surface area contributed by atoms with Crippen molar-refractivity contribution in [3.63, 3.8) is 0 Å². The summed E-state index contributed by atoms with van der Waals surface area (Å²) in [7, 11) is 0. The van der Waals surface area contributed by atoms with E-state index in [0.29, 0.717) is 12.7 Å². The summed E-state index contributed by atoms with van der Waals surface area (Å²) < 4.78 is 9.87. The van der Waals surface area contributed by atoms with Crippen molar-refractivity contribution in [1.29, 1.82) is 0 Å². The molecular formula is C6H14O2S. The van der Waals surface area contributed by atoms with Gasteiger partial charge in [0, 0.05) is 6.61 Å². The average Bonchev–Trinajstić information content (AvgIpc) is 1.89. The Balaban J connectivity index is 2.60. The predicted molar refractivity (Wildman–Crippen MR) is 40.7 cm³/mol. The Hall–Kier alpha value is 0.270. The van der Waals surface area contributed by atoms with E-state index in [1.165, 1.54) is 6.42 Å². The lowest BCUT2D eigenvalue weighted by molar-refractivity contribution is -0.0367. The minimum atomic E-state index is 0.378. The van der Waals surface area contributed by atoms with Crippen LogP contribution in [-0.2, 0) is 9.47 Å². The van der Waals surface area contributed by atoms with Crippen LogP contribution in [-0.4, -0.2) is 19.3 Å². The van der Waals surface area contributed by atoms with E-state index in [4.69, 9.17) is 9.47 Å². The molecule has 0 saturated heterocycles. The molecular weight excluding hydrogens is 136 g/mol. The monoisotopic (exact) mass is 150 g/mol. The fraction of sp³-hybridized carbons (Fsp3) is 1.00. The molecule has 0 bridgehead atoms. The Labute approximate surface area is 61.9 Å². The van der Waals surface area contributed by atoms with Crippen molar-refractivity contribution in [3.8, 4) is 0 Å². The molecule has 0 rings (SSSR count). The first-order valence-corrected chi connectivity index (χ1v) is 3.81. The molecule has 0 aliphatic carbocycles. The molecule has 0 heterocycles. The van der Waals surface area contributed by atoms with Crippen LogP contribution < -0.4 is 0 Å². The molecule has 0 aromatic heterocycles. The fourth-order valence-electron chi connectivity index (χ4n) is 0.402. The van der Waals surface area contributed by atoms with Gasteiger partial charge in [0.15, 0.2) is 0 Å². The van der Waals surface area contributed by atoms with Gasteiger partial charge in [-0.05, 0) is 6.42 Å². The lowest BCUT2D eigenvalue weighted by atomic mass is 10.4. The Kier molecular flexibility index (Phi) is 8.52. The summed E-state index contributed by atoms with van der Waals surface area (Å²) >= 11 is 3.84. The highest BCUT2D eigenvalue weighted by Gasteiger charge is 1.83.